The zero-order valence-corrected chi connectivity index (χ0v) is 8.30. The topological polar surface area (TPSA) is 59.4 Å². The number of aromatic nitrogens is 1. The summed E-state index contributed by atoms with van der Waals surface area (Å²) in [5.74, 6) is -0.994. The normalized spacial score (nSPS) is 12.8. The Bertz CT molecular complexity index is 297. The number of hydrogen-bond acceptors (Lipinski definition) is 4. The number of carboxylic acids is 1. The minimum Gasteiger partial charge on any atom is -0.476 e. The molecular formula is C8H11NO3S. The molecule has 1 heterocycles. The van der Waals surface area contributed by atoms with Gasteiger partial charge in [-0.1, -0.05) is 0 Å². The molecule has 1 rings (SSSR count). The molecule has 13 heavy (non-hydrogen) atoms. The Morgan fingerprint density at radius 1 is 1.85 bits per heavy atom. The number of hydrogen-bond donors (Lipinski definition) is 1. The summed E-state index contributed by atoms with van der Waals surface area (Å²) in [5, 5.41) is 10.8. The summed E-state index contributed by atoms with van der Waals surface area (Å²) < 4.78 is 5.28. The molecule has 0 amide bonds. The standard InChI is InChI=1S/C8H11NO3S/c1-3-12-5(2)7-9-6(4-13-7)8(10)11/h4-5H,3H2,1-2H3,(H,10,11)/t5-/m1/s1. The first-order valence-electron chi connectivity index (χ1n) is 3.95. The van der Waals surface area contributed by atoms with E-state index in [0.717, 1.165) is 0 Å². The molecule has 4 nitrogen and oxygen atoms in total. The molecule has 0 saturated carbocycles. The van der Waals surface area contributed by atoms with Crippen molar-refractivity contribution in [1.29, 1.82) is 0 Å². The highest BCUT2D eigenvalue weighted by atomic mass is 32.1. The fourth-order valence-electron chi connectivity index (χ4n) is 0.894. The first-order chi connectivity index (χ1) is 6.15. The van der Waals surface area contributed by atoms with Crippen molar-refractivity contribution in [2.75, 3.05) is 6.61 Å². The second-order valence-electron chi connectivity index (χ2n) is 2.47. The molecule has 0 fully saturated rings. The predicted octanol–water partition coefficient (Wildman–Crippen LogP) is 1.94. The lowest BCUT2D eigenvalue weighted by atomic mass is 10.4. The van der Waals surface area contributed by atoms with Gasteiger partial charge in [0.05, 0.1) is 0 Å². The number of thiazole rings is 1. The molecule has 0 radical (unpaired) electrons. The molecule has 0 spiro atoms. The number of nitrogens with zero attached hydrogens (tertiary/aromatic N) is 1. The van der Waals surface area contributed by atoms with Gasteiger partial charge in [-0.25, -0.2) is 9.78 Å². The summed E-state index contributed by atoms with van der Waals surface area (Å²) in [6, 6.07) is 0. The van der Waals surface area contributed by atoms with Gasteiger partial charge in [-0.3, -0.25) is 0 Å². The maximum atomic E-state index is 10.5. The van der Waals surface area contributed by atoms with Gasteiger partial charge in [0.1, 0.15) is 11.1 Å². The predicted molar refractivity (Wildman–Crippen MR) is 49.1 cm³/mol. The summed E-state index contributed by atoms with van der Waals surface area (Å²) in [6.07, 6.45) is -0.122. The molecule has 0 aliphatic carbocycles. The number of carbonyl (C=O) groups is 1. The quantitative estimate of drug-likeness (QED) is 0.808. The minimum absolute atomic E-state index is 0.0894. The zero-order valence-electron chi connectivity index (χ0n) is 7.48. The van der Waals surface area contributed by atoms with Gasteiger partial charge in [-0.2, -0.15) is 0 Å². The van der Waals surface area contributed by atoms with Gasteiger partial charge in [0.2, 0.25) is 0 Å². The SMILES string of the molecule is CCO[C@H](C)c1nc(C(=O)O)cs1. The van der Waals surface area contributed by atoms with Gasteiger partial charge in [0.25, 0.3) is 0 Å². The molecule has 0 saturated heterocycles. The number of ether oxygens (including phenoxy) is 1. The van der Waals surface area contributed by atoms with Crippen molar-refractivity contribution >= 4 is 17.3 Å². The lowest BCUT2D eigenvalue weighted by Gasteiger charge is -2.06. The van der Waals surface area contributed by atoms with E-state index in [-0.39, 0.29) is 11.8 Å². The van der Waals surface area contributed by atoms with Gasteiger partial charge in [0.15, 0.2) is 5.69 Å². The monoisotopic (exact) mass is 201 g/mol. The number of rotatable bonds is 4. The molecular weight excluding hydrogens is 190 g/mol. The Balaban J connectivity index is 2.73. The fraction of sp³-hybridized carbons (Fsp3) is 0.500. The second kappa shape index (κ2) is 4.34. The van der Waals surface area contributed by atoms with Crippen LogP contribution in [0.15, 0.2) is 5.38 Å². The highest BCUT2D eigenvalue weighted by Crippen LogP contribution is 2.20. The molecule has 72 valence electrons. The van der Waals surface area contributed by atoms with Crippen molar-refractivity contribution in [2.24, 2.45) is 0 Å². The Morgan fingerprint density at radius 3 is 3.00 bits per heavy atom. The molecule has 1 aromatic heterocycles. The largest absolute Gasteiger partial charge is 0.476 e. The van der Waals surface area contributed by atoms with E-state index in [1.165, 1.54) is 16.7 Å². The summed E-state index contributed by atoms with van der Waals surface area (Å²) >= 11 is 1.31. The van der Waals surface area contributed by atoms with Crippen molar-refractivity contribution in [1.82, 2.24) is 4.98 Å². The van der Waals surface area contributed by atoms with Crippen molar-refractivity contribution in [3.63, 3.8) is 0 Å². The Kier molecular flexibility index (Phi) is 3.39. The van der Waals surface area contributed by atoms with Crippen molar-refractivity contribution in [3.8, 4) is 0 Å². The van der Waals surface area contributed by atoms with E-state index in [0.29, 0.717) is 11.6 Å². The lowest BCUT2D eigenvalue weighted by molar-refractivity contribution is 0.0683. The van der Waals surface area contributed by atoms with E-state index in [1.54, 1.807) is 0 Å². The van der Waals surface area contributed by atoms with Crippen LogP contribution in [0.4, 0.5) is 0 Å². The maximum Gasteiger partial charge on any atom is 0.355 e. The van der Waals surface area contributed by atoms with Gasteiger partial charge < -0.3 is 9.84 Å². The highest BCUT2D eigenvalue weighted by Gasteiger charge is 2.13. The summed E-state index contributed by atoms with van der Waals surface area (Å²) in [7, 11) is 0. The first-order valence-corrected chi connectivity index (χ1v) is 4.83. The second-order valence-corrected chi connectivity index (χ2v) is 3.36. The van der Waals surface area contributed by atoms with E-state index in [2.05, 4.69) is 4.98 Å². The van der Waals surface area contributed by atoms with Crippen molar-refractivity contribution < 1.29 is 14.6 Å². The van der Waals surface area contributed by atoms with Crippen LogP contribution in [0.1, 0.15) is 35.4 Å². The van der Waals surface area contributed by atoms with Crippen molar-refractivity contribution in [2.45, 2.75) is 20.0 Å². The average Bonchev–Trinajstić information content (AvgIpc) is 2.52. The molecule has 0 aromatic carbocycles. The molecule has 0 aliphatic heterocycles. The molecule has 1 aromatic rings. The Labute approximate surface area is 80.2 Å². The van der Waals surface area contributed by atoms with E-state index in [4.69, 9.17) is 9.84 Å². The van der Waals surface area contributed by atoms with Crippen LogP contribution in [0.2, 0.25) is 0 Å². The third-order valence-electron chi connectivity index (χ3n) is 1.51. The summed E-state index contributed by atoms with van der Waals surface area (Å²) in [5.41, 5.74) is 0.0894. The van der Waals surface area contributed by atoms with Crippen LogP contribution in [0, 0.1) is 0 Å². The van der Waals surface area contributed by atoms with E-state index in [1.807, 2.05) is 13.8 Å². The van der Waals surface area contributed by atoms with Crippen LogP contribution in [-0.4, -0.2) is 22.7 Å². The van der Waals surface area contributed by atoms with Crippen LogP contribution in [-0.2, 0) is 4.74 Å². The summed E-state index contributed by atoms with van der Waals surface area (Å²) in [4.78, 5) is 14.4. The molecule has 5 heteroatoms. The minimum atomic E-state index is -0.994. The van der Waals surface area contributed by atoms with Gasteiger partial charge in [0, 0.05) is 12.0 Å². The van der Waals surface area contributed by atoms with Crippen LogP contribution in [0.5, 0.6) is 0 Å². The Hall–Kier alpha value is -0.940. The molecule has 0 bridgehead atoms. The first kappa shape index (κ1) is 10.1. The number of carboxylic acid groups (broad SMARTS) is 1. The number of aromatic carboxylic acids is 1. The van der Waals surface area contributed by atoms with Crippen LogP contribution >= 0.6 is 11.3 Å². The Morgan fingerprint density at radius 2 is 2.54 bits per heavy atom. The van der Waals surface area contributed by atoms with E-state index >= 15 is 0 Å². The van der Waals surface area contributed by atoms with Crippen LogP contribution in [0.3, 0.4) is 0 Å². The van der Waals surface area contributed by atoms with Gasteiger partial charge in [-0.05, 0) is 13.8 Å². The van der Waals surface area contributed by atoms with Gasteiger partial charge in [-0.15, -0.1) is 11.3 Å². The van der Waals surface area contributed by atoms with Crippen LogP contribution < -0.4 is 0 Å². The fourth-order valence-corrected chi connectivity index (χ4v) is 1.69. The summed E-state index contributed by atoms with van der Waals surface area (Å²) in [6.45, 7) is 4.35. The lowest BCUT2D eigenvalue weighted by Crippen LogP contribution is -2.01. The molecule has 0 aliphatic rings. The third kappa shape index (κ3) is 2.50. The average molecular weight is 201 g/mol. The van der Waals surface area contributed by atoms with Gasteiger partial charge >= 0.3 is 5.97 Å². The molecule has 1 atom stereocenters. The third-order valence-corrected chi connectivity index (χ3v) is 2.51. The molecule has 1 N–H and O–H groups in total. The zero-order chi connectivity index (χ0) is 9.84. The van der Waals surface area contributed by atoms with Crippen LogP contribution in [0.25, 0.3) is 0 Å². The smallest absolute Gasteiger partial charge is 0.355 e. The van der Waals surface area contributed by atoms with Crippen molar-refractivity contribution in [3.05, 3.63) is 16.1 Å². The maximum absolute atomic E-state index is 10.5. The molecule has 0 unspecified atom stereocenters. The highest BCUT2D eigenvalue weighted by molar-refractivity contribution is 7.09. The van der Waals surface area contributed by atoms with E-state index in [9.17, 15) is 4.79 Å². The van der Waals surface area contributed by atoms with E-state index < -0.39 is 5.97 Å².